The Morgan fingerprint density at radius 2 is 2.07 bits per heavy atom. The second-order valence-electron chi connectivity index (χ2n) is 6.55. The van der Waals surface area contributed by atoms with E-state index in [9.17, 15) is 9.59 Å². The van der Waals surface area contributed by atoms with E-state index in [1.54, 1.807) is 11.0 Å². The van der Waals surface area contributed by atoms with E-state index < -0.39 is 5.92 Å². The molecule has 1 aliphatic rings. The number of imidazole rings is 1. The molecule has 0 bridgehead atoms. The molecule has 0 radical (unpaired) electrons. The number of amides is 2. The number of carbonyl (C=O) groups is 2. The van der Waals surface area contributed by atoms with E-state index in [2.05, 4.69) is 15.3 Å². The number of nitrogens with one attached hydrogen (secondary N) is 2. The fraction of sp³-hybridized carbons (Fsp3) is 0.250. The third-order valence-corrected chi connectivity index (χ3v) is 4.98. The van der Waals surface area contributed by atoms with Gasteiger partial charge in [0.2, 0.25) is 11.8 Å². The van der Waals surface area contributed by atoms with Gasteiger partial charge in [-0.25, -0.2) is 4.98 Å². The number of para-hydroxylation sites is 1. The van der Waals surface area contributed by atoms with Gasteiger partial charge in [0.25, 0.3) is 0 Å². The number of anilines is 1. The minimum Gasteiger partial charge on any atom is -0.355 e. The monoisotopic (exact) mass is 382 g/mol. The highest BCUT2D eigenvalue weighted by atomic mass is 35.5. The molecule has 1 atom stereocenters. The number of benzene rings is 2. The topological polar surface area (TPSA) is 78.1 Å². The van der Waals surface area contributed by atoms with Crippen molar-refractivity contribution in [3.8, 4) is 0 Å². The minimum absolute atomic E-state index is 0.142. The Bertz CT molecular complexity index is 986. The van der Waals surface area contributed by atoms with E-state index in [1.165, 1.54) is 0 Å². The number of hydrogen-bond donors (Lipinski definition) is 2. The van der Waals surface area contributed by atoms with Crippen LogP contribution in [0.25, 0.3) is 11.0 Å². The molecule has 2 amide bonds. The standard InChI is InChI=1S/C20H19ClN4O2/c21-13-6-7-16-17(12-13)24-18(23-16)8-10-22-19(26)15-9-11-25(20(15)27)14-4-2-1-3-5-14/h1-7,12,15H,8-11H2,(H,22,26)(H,23,24). The molecule has 2 aromatic carbocycles. The van der Waals surface area contributed by atoms with Gasteiger partial charge in [-0.15, -0.1) is 0 Å². The van der Waals surface area contributed by atoms with Gasteiger partial charge < -0.3 is 15.2 Å². The van der Waals surface area contributed by atoms with E-state index >= 15 is 0 Å². The van der Waals surface area contributed by atoms with Crippen LogP contribution in [0.15, 0.2) is 48.5 Å². The van der Waals surface area contributed by atoms with E-state index in [0.717, 1.165) is 22.5 Å². The molecule has 1 aliphatic heterocycles. The molecule has 27 heavy (non-hydrogen) atoms. The molecule has 4 rings (SSSR count). The highest BCUT2D eigenvalue weighted by Gasteiger charge is 2.37. The number of fused-ring (bicyclic) bond motifs is 1. The number of hydrogen-bond acceptors (Lipinski definition) is 3. The van der Waals surface area contributed by atoms with Crippen molar-refractivity contribution in [2.24, 2.45) is 5.92 Å². The van der Waals surface area contributed by atoms with Gasteiger partial charge >= 0.3 is 0 Å². The SMILES string of the molecule is O=C(NCCc1nc2ccc(Cl)cc2[nH]1)C1CCN(c2ccccc2)C1=O. The first-order valence-electron chi connectivity index (χ1n) is 8.90. The van der Waals surface area contributed by atoms with Gasteiger partial charge in [0.15, 0.2) is 0 Å². The molecule has 1 saturated heterocycles. The Hall–Kier alpha value is -2.86. The van der Waals surface area contributed by atoms with Crippen molar-refractivity contribution >= 4 is 40.1 Å². The normalized spacial score (nSPS) is 16.9. The number of halogens is 1. The summed E-state index contributed by atoms with van der Waals surface area (Å²) in [6.45, 7) is 0.979. The zero-order valence-electron chi connectivity index (χ0n) is 14.6. The minimum atomic E-state index is -0.625. The average Bonchev–Trinajstić information content (AvgIpc) is 3.25. The quantitative estimate of drug-likeness (QED) is 0.666. The van der Waals surface area contributed by atoms with Crippen LogP contribution in [0.4, 0.5) is 5.69 Å². The second-order valence-corrected chi connectivity index (χ2v) is 6.99. The first-order valence-corrected chi connectivity index (χ1v) is 9.28. The van der Waals surface area contributed by atoms with Crippen LogP contribution in [0.2, 0.25) is 5.02 Å². The number of nitrogens with zero attached hydrogens (tertiary/aromatic N) is 2. The summed E-state index contributed by atoms with van der Waals surface area (Å²) < 4.78 is 0. The van der Waals surface area contributed by atoms with Gasteiger partial charge in [0, 0.05) is 30.2 Å². The molecule has 3 aromatic rings. The van der Waals surface area contributed by atoms with Crippen molar-refractivity contribution in [3.05, 3.63) is 59.4 Å². The van der Waals surface area contributed by atoms with Crippen molar-refractivity contribution in [1.29, 1.82) is 0 Å². The van der Waals surface area contributed by atoms with Gasteiger partial charge in [0.05, 0.1) is 11.0 Å². The maximum absolute atomic E-state index is 12.6. The molecule has 0 saturated carbocycles. The van der Waals surface area contributed by atoms with Crippen molar-refractivity contribution in [2.75, 3.05) is 18.0 Å². The second kappa shape index (κ2) is 7.40. The van der Waals surface area contributed by atoms with Gasteiger partial charge in [-0.05, 0) is 36.8 Å². The molecule has 138 valence electrons. The van der Waals surface area contributed by atoms with Crippen LogP contribution in [0.5, 0.6) is 0 Å². The lowest BCUT2D eigenvalue weighted by atomic mass is 10.1. The average molecular weight is 383 g/mol. The zero-order valence-corrected chi connectivity index (χ0v) is 15.4. The number of carbonyl (C=O) groups excluding carboxylic acids is 2. The van der Waals surface area contributed by atoms with Crippen LogP contribution in [0.3, 0.4) is 0 Å². The van der Waals surface area contributed by atoms with Crippen LogP contribution in [0.1, 0.15) is 12.2 Å². The number of aromatic amines is 1. The van der Waals surface area contributed by atoms with Crippen molar-refractivity contribution < 1.29 is 9.59 Å². The summed E-state index contributed by atoms with van der Waals surface area (Å²) in [5.41, 5.74) is 2.54. The van der Waals surface area contributed by atoms with Crippen molar-refractivity contribution in [1.82, 2.24) is 15.3 Å². The van der Waals surface area contributed by atoms with Gasteiger partial charge in [-0.3, -0.25) is 9.59 Å². The van der Waals surface area contributed by atoms with E-state index in [0.29, 0.717) is 31.0 Å². The third-order valence-electron chi connectivity index (χ3n) is 4.74. The number of rotatable bonds is 5. The molecule has 6 nitrogen and oxygen atoms in total. The summed E-state index contributed by atoms with van der Waals surface area (Å²) in [5.74, 6) is -0.217. The summed E-state index contributed by atoms with van der Waals surface area (Å²) in [6.07, 6.45) is 1.09. The first kappa shape index (κ1) is 17.5. The maximum Gasteiger partial charge on any atom is 0.239 e. The van der Waals surface area contributed by atoms with Crippen LogP contribution in [-0.2, 0) is 16.0 Å². The molecule has 1 aromatic heterocycles. The smallest absolute Gasteiger partial charge is 0.239 e. The molecular weight excluding hydrogens is 364 g/mol. The highest BCUT2D eigenvalue weighted by Crippen LogP contribution is 2.25. The Balaban J connectivity index is 1.33. The molecule has 0 spiro atoms. The Morgan fingerprint density at radius 3 is 2.89 bits per heavy atom. The van der Waals surface area contributed by atoms with Gasteiger partial charge in [-0.2, -0.15) is 0 Å². The van der Waals surface area contributed by atoms with Crippen LogP contribution < -0.4 is 10.2 Å². The molecule has 0 aliphatic carbocycles. The Kier molecular flexibility index (Phi) is 4.81. The van der Waals surface area contributed by atoms with Gasteiger partial charge in [0.1, 0.15) is 11.7 Å². The van der Waals surface area contributed by atoms with E-state index in [1.807, 2.05) is 42.5 Å². The molecular formula is C20H19ClN4O2. The van der Waals surface area contributed by atoms with Gasteiger partial charge in [-0.1, -0.05) is 29.8 Å². The lowest BCUT2D eigenvalue weighted by Crippen LogP contribution is -2.37. The fourth-order valence-corrected chi connectivity index (χ4v) is 3.54. The lowest BCUT2D eigenvalue weighted by molar-refractivity contribution is -0.132. The molecule has 2 N–H and O–H groups in total. The summed E-state index contributed by atoms with van der Waals surface area (Å²) in [5, 5.41) is 3.51. The van der Waals surface area contributed by atoms with Crippen molar-refractivity contribution in [2.45, 2.75) is 12.8 Å². The zero-order chi connectivity index (χ0) is 18.8. The Morgan fingerprint density at radius 1 is 1.26 bits per heavy atom. The summed E-state index contributed by atoms with van der Waals surface area (Å²) >= 11 is 5.98. The van der Waals surface area contributed by atoms with Crippen LogP contribution in [-0.4, -0.2) is 34.9 Å². The predicted molar refractivity (Wildman–Crippen MR) is 105 cm³/mol. The number of aromatic nitrogens is 2. The van der Waals surface area contributed by atoms with E-state index in [-0.39, 0.29) is 11.8 Å². The third kappa shape index (κ3) is 3.66. The first-order chi connectivity index (χ1) is 13.1. The lowest BCUT2D eigenvalue weighted by Gasteiger charge is -2.16. The van der Waals surface area contributed by atoms with E-state index in [4.69, 9.17) is 11.6 Å². The van der Waals surface area contributed by atoms with Crippen LogP contribution in [0, 0.1) is 5.92 Å². The molecule has 2 heterocycles. The van der Waals surface area contributed by atoms with Crippen molar-refractivity contribution in [3.63, 3.8) is 0 Å². The summed E-state index contributed by atoms with van der Waals surface area (Å²) in [6, 6.07) is 14.9. The Labute approximate surface area is 161 Å². The fourth-order valence-electron chi connectivity index (χ4n) is 3.37. The molecule has 1 unspecified atom stereocenters. The van der Waals surface area contributed by atoms with Crippen LogP contribution >= 0.6 is 11.6 Å². The maximum atomic E-state index is 12.6. The molecule has 7 heteroatoms. The molecule has 1 fully saturated rings. The summed E-state index contributed by atoms with van der Waals surface area (Å²) in [7, 11) is 0. The summed E-state index contributed by atoms with van der Waals surface area (Å²) in [4.78, 5) is 34.3. The largest absolute Gasteiger partial charge is 0.355 e. The highest BCUT2D eigenvalue weighted by molar-refractivity contribution is 6.31. The number of H-pyrrole nitrogens is 1. The predicted octanol–water partition coefficient (Wildman–Crippen LogP) is 2.93.